The molecule has 2 aromatic heterocycles. The number of ether oxygens (including phenoxy) is 1. The number of nitrogens with one attached hydrogen (secondary N) is 1. The SMILES string of the molecule is O=c1cc(Oc2cccc(-c3ccoc3)c2)c2ccccc2[nH]1. The fraction of sp³-hybridized carbons (Fsp3) is 0. The monoisotopic (exact) mass is 303 g/mol. The molecule has 4 nitrogen and oxygen atoms in total. The highest BCUT2D eigenvalue weighted by atomic mass is 16.5. The molecule has 0 fully saturated rings. The molecular formula is C19H13NO3. The van der Waals surface area contributed by atoms with Gasteiger partial charge in [0, 0.05) is 17.0 Å². The number of para-hydroxylation sites is 1. The maximum Gasteiger partial charge on any atom is 0.252 e. The number of aromatic nitrogens is 1. The van der Waals surface area contributed by atoms with Crippen LogP contribution in [0, 0.1) is 0 Å². The fourth-order valence-corrected chi connectivity index (χ4v) is 2.55. The molecule has 2 aromatic carbocycles. The first-order chi connectivity index (χ1) is 11.3. The van der Waals surface area contributed by atoms with Crippen molar-refractivity contribution in [3.63, 3.8) is 0 Å². The van der Waals surface area contributed by atoms with Gasteiger partial charge in [-0.2, -0.15) is 0 Å². The first-order valence-corrected chi connectivity index (χ1v) is 7.22. The van der Waals surface area contributed by atoms with E-state index in [4.69, 9.17) is 9.15 Å². The van der Waals surface area contributed by atoms with Gasteiger partial charge in [-0.25, -0.2) is 0 Å². The minimum atomic E-state index is -0.190. The molecule has 23 heavy (non-hydrogen) atoms. The maximum atomic E-state index is 11.8. The van der Waals surface area contributed by atoms with E-state index in [2.05, 4.69) is 4.98 Å². The van der Waals surface area contributed by atoms with Crippen molar-refractivity contribution >= 4 is 10.9 Å². The van der Waals surface area contributed by atoms with E-state index in [0.29, 0.717) is 11.5 Å². The van der Waals surface area contributed by atoms with Gasteiger partial charge in [-0.15, -0.1) is 0 Å². The molecule has 0 aliphatic heterocycles. The number of fused-ring (bicyclic) bond motifs is 1. The number of hydrogen-bond donors (Lipinski definition) is 1. The van der Waals surface area contributed by atoms with Crippen molar-refractivity contribution < 1.29 is 9.15 Å². The lowest BCUT2D eigenvalue weighted by Gasteiger charge is -2.09. The average Bonchev–Trinajstić information content (AvgIpc) is 3.09. The van der Waals surface area contributed by atoms with Gasteiger partial charge in [0.05, 0.1) is 18.0 Å². The zero-order valence-electron chi connectivity index (χ0n) is 12.2. The third-order valence-corrected chi connectivity index (χ3v) is 3.63. The standard InChI is InChI=1S/C19H13NO3/c21-19-11-18(16-6-1-2-7-17(16)20-19)23-15-5-3-4-13(10-15)14-8-9-22-12-14/h1-12H,(H,20,21). The van der Waals surface area contributed by atoms with Crippen LogP contribution in [0.15, 0.2) is 82.4 Å². The van der Waals surface area contributed by atoms with Gasteiger partial charge in [-0.3, -0.25) is 4.79 Å². The number of benzene rings is 2. The molecule has 0 aliphatic carbocycles. The van der Waals surface area contributed by atoms with E-state index >= 15 is 0 Å². The number of rotatable bonds is 3. The molecule has 0 spiro atoms. The molecule has 0 amide bonds. The number of H-pyrrole nitrogens is 1. The Hall–Kier alpha value is -3.27. The van der Waals surface area contributed by atoms with Gasteiger partial charge in [0.2, 0.25) is 0 Å². The lowest BCUT2D eigenvalue weighted by Crippen LogP contribution is -2.04. The van der Waals surface area contributed by atoms with Crippen LogP contribution in [0.5, 0.6) is 11.5 Å². The average molecular weight is 303 g/mol. The molecule has 2 heterocycles. The van der Waals surface area contributed by atoms with Gasteiger partial charge in [0.15, 0.2) is 0 Å². The summed E-state index contributed by atoms with van der Waals surface area (Å²) < 4.78 is 11.1. The van der Waals surface area contributed by atoms with Crippen LogP contribution in [0.2, 0.25) is 0 Å². The maximum absolute atomic E-state index is 11.8. The van der Waals surface area contributed by atoms with E-state index in [1.54, 1.807) is 12.5 Å². The Bertz CT molecular complexity index is 1020. The molecule has 0 atom stereocenters. The van der Waals surface area contributed by atoms with Crippen molar-refractivity contribution in [1.82, 2.24) is 4.98 Å². The second-order valence-corrected chi connectivity index (χ2v) is 5.19. The van der Waals surface area contributed by atoms with Crippen LogP contribution in [0.3, 0.4) is 0 Å². The fourth-order valence-electron chi connectivity index (χ4n) is 2.55. The molecule has 0 saturated carbocycles. The highest BCUT2D eigenvalue weighted by Crippen LogP contribution is 2.30. The number of pyridine rings is 1. The summed E-state index contributed by atoms with van der Waals surface area (Å²) in [5.41, 5.74) is 2.53. The van der Waals surface area contributed by atoms with Crippen LogP contribution in [-0.4, -0.2) is 4.98 Å². The Balaban J connectivity index is 1.77. The van der Waals surface area contributed by atoms with Crippen molar-refractivity contribution in [3.8, 4) is 22.6 Å². The molecule has 4 heteroatoms. The zero-order chi connectivity index (χ0) is 15.6. The molecular weight excluding hydrogens is 290 g/mol. The summed E-state index contributed by atoms with van der Waals surface area (Å²) in [6.45, 7) is 0. The van der Waals surface area contributed by atoms with E-state index in [0.717, 1.165) is 22.0 Å². The molecule has 4 rings (SSSR count). The van der Waals surface area contributed by atoms with Crippen molar-refractivity contribution in [2.45, 2.75) is 0 Å². The summed E-state index contributed by atoms with van der Waals surface area (Å²) in [5.74, 6) is 1.20. The van der Waals surface area contributed by atoms with Gasteiger partial charge in [-0.1, -0.05) is 24.3 Å². The topological polar surface area (TPSA) is 55.2 Å². The highest BCUT2D eigenvalue weighted by molar-refractivity contribution is 5.85. The smallest absolute Gasteiger partial charge is 0.252 e. The molecule has 0 saturated heterocycles. The number of aromatic amines is 1. The van der Waals surface area contributed by atoms with E-state index < -0.39 is 0 Å². The third kappa shape index (κ3) is 2.62. The van der Waals surface area contributed by atoms with E-state index in [9.17, 15) is 4.79 Å². The minimum Gasteiger partial charge on any atom is -0.472 e. The lowest BCUT2D eigenvalue weighted by molar-refractivity contribution is 0.487. The largest absolute Gasteiger partial charge is 0.472 e. The summed E-state index contributed by atoms with van der Waals surface area (Å²) in [4.78, 5) is 14.6. The van der Waals surface area contributed by atoms with Crippen LogP contribution >= 0.6 is 0 Å². The Labute approximate surface area is 132 Å². The first-order valence-electron chi connectivity index (χ1n) is 7.22. The van der Waals surface area contributed by atoms with Crippen LogP contribution in [0.25, 0.3) is 22.0 Å². The second kappa shape index (κ2) is 5.50. The quantitative estimate of drug-likeness (QED) is 0.602. The number of furan rings is 1. The number of hydrogen-bond acceptors (Lipinski definition) is 3. The predicted octanol–water partition coefficient (Wildman–Crippen LogP) is 4.58. The lowest BCUT2D eigenvalue weighted by atomic mass is 10.1. The minimum absolute atomic E-state index is 0.190. The second-order valence-electron chi connectivity index (χ2n) is 5.19. The van der Waals surface area contributed by atoms with Crippen molar-refractivity contribution in [2.75, 3.05) is 0 Å². The van der Waals surface area contributed by atoms with E-state index in [-0.39, 0.29) is 5.56 Å². The van der Waals surface area contributed by atoms with Gasteiger partial charge >= 0.3 is 0 Å². The van der Waals surface area contributed by atoms with E-state index in [1.807, 2.05) is 54.6 Å². The Morgan fingerprint density at radius 2 is 1.83 bits per heavy atom. The van der Waals surface area contributed by atoms with Crippen LogP contribution < -0.4 is 10.3 Å². The molecule has 0 bridgehead atoms. The molecule has 4 aromatic rings. The summed E-state index contributed by atoms with van der Waals surface area (Å²) in [5, 5.41) is 0.862. The van der Waals surface area contributed by atoms with Gasteiger partial charge in [0.1, 0.15) is 11.5 Å². The third-order valence-electron chi connectivity index (χ3n) is 3.63. The van der Waals surface area contributed by atoms with Crippen LogP contribution in [0.1, 0.15) is 0 Å². The highest BCUT2D eigenvalue weighted by Gasteiger charge is 2.07. The zero-order valence-corrected chi connectivity index (χ0v) is 12.2. The van der Waals surface area contributed by atoms with Gasteiger partial charge < -0.3 is 14.1 Å². The summed E-state index contributed by atoms with van der Waals surface area (Å²) in [7, 11) is 0. The van der Waals surface area contributed by atoms with Crippen LogP contribution in [-0.2, 0) is 0 Å². The summed E-state index contributed by atoms with van der Waals surface area (Å²) >= 11 is 0. The Morgan fingerprint density at radius 3 is 2.70 bits per heavy atom. The first kappa shape index (κ1) is 13.4. The molecule has 112 valence electrons. The van der Waals surface area contributed by atoms with Crippen LogP contribution in [0.4, 0.5) is 0 Å². The molecule has 0 radical (unpaired) electrons. The molecule has 1 N–H and O–H groups in total. The van der Waals surface area contributed by atoms with Crippen molar-refractivity contribution in [2.24, 2.45) is 0 Å². The Morgan fingerprint density at radius 1 is 0.913 bits per heavy atom. The Kier molecular flexibility index (Phi) is 3.20. The molecule has 0 unspecified atom stereocenters. The predicted molar refractivity (Wildman–Crippen MR) is 88.8 cm³/mol. The van der Waals surface area contributed by atoms with Crippen molar-refractivity contribution in [3.05, 3.63) is 83.5 Å². The van der Waals surface area contributed by atoms with Gasteiger partial charge in [-0.05, 0) is 35.9 Å². The van der Waals surface area contributed by atoms with Crippen molar-refractivity contribution in [1.29, 1.82) is 0 Å². The van der Waals surface area contributed by atoms with E-state index in [1.165, 1.54) is 6.07 Å². The normalized spacial score (nSPS) is 10.8. The summed E-state index contributed by atoms with van der Waals surface area (Å²) in [6, 6.07) is 18.6. The summed E-state index contributed by atoms with van der Waals surface area (Å²) in [6.07, 6.45) is 3.31. The molecule has 0 aliphatic rings. The van der Waals surface area contributed by atoms with Gasteiger partial charge in [0.25, 0.3) is 5.56 Å².